The van der Waals surface area contributed by atoms with Crippen LogP contribution in [0, 0.1) is 0 Å². The second-order valence-electron chi connectivity index (χ2n) is 1.91. The predicted octanol–water partition coefficient (Wildman–Crippen LogP) is -1.53. The van der Waals surface area contributed by atoms with E-state index in [4.69, 9.17) is 11.6 Å². The number of carboxylic acids is 1. The van der Waals surface area contributed by atoms with Crippen LogP contribution in [0.15, 0.2) is 22.7 Å². The summed E-state index contributed by atoms with van der Waals surface area (Å²) in [6, 6.07) is 4.49. The second-order valence-corrected chi connectivity index (χ2v) is 3.20. The van der Waals surface area contributed by atoms with E-state index in [1.54, 1.807) is 12.1 Å². The minimum atomic E-state index is -1.24. The van der Waals surface area contributed by atoms with E-state index in [1.165, 1.54) is 6.07 Å². The molecule has 58 valence electrons. The van der Waals surface area contributed by atoms with Crippen LogP contribution < -0.4 is 56.5 Å². The molecule has 0 radical (unpaired) electrons. The van der Waals surface area contributed by atoms with Gasteiger partial charge in [0, 0.05) is 15.1 Å². The number of aromatic carboxylic acids is 1. The first-order valence-corrected chi connectivity index (χ1v) is 3.95. The number of halogens is 2. The van der Waals surface area contributed by atoms with E-state index in [1.807, 2.05) is 0 Å². The topological polar surface area (TPSA) is 40.1 Å². The zero-order valence-corrected chi connectivity index (χ0v) is 11.8. The van der Waals surface area contributed by atoms with Crippen LogP contribution in [0.5, 0.6) is 0 Å². The van der Waals surface area contributed by atoms with Gasteiger partial charge in [-0.2, -0.15) is 0 Å². The summed E-state index contributed by atoms with van der Waals surface area (Å²) in [6.45, 7) is 0. The molecular weight excluding hydrogens is 271 g/mol. The smallest absolute Gasteiger partial charge is 0.545 e. The molecule has 1 aromatic carbocycles. The van der Waals surface area contributed by atoms with Gasteiger partial charge in [-0.05, 0) is 18.2 Å². The van der Waals surface area contributed by atoms with Crippen LogP contribution >= 0.6 is 27.5 Å². The fourth-order valence-corrected chi connectivity index (χ4v) is 1.23. The Kier molecular flexibility index (Phi) is 6.27. The number of hydrogen-bond donors (Lipinski definition) is 0. The molecule has 2 nitrogen and oxygen atoms in total. The summed E-state index contributed by atoms with van der Waals surface area (Å²) < 4.78 is 0.474. The second kappa shape index (κ2) is 5.75. The summed E-state index contributed by atoms with van der Waals surface area (Å²) in [5.41, 5.74) is 0.0671. The van der Waals surface area contributed by atoms with Crippen molar-refractivity contribution in [1.29, 1.82) is 0 Å². The minimum Gasteiger partial charge on any atom is -0.545 e. The Morgan fingerprint density at radius 2 is 2.08 bits per heavy atom. The molecule has 0 aliphatic heterocycles. The fraction of sp³-hybridized carbons (Fsp3) is 0. The zero-order chi connectivity index (χ0) is 8.43. The Labute approximate surface area is 126 Å². The van der Waals surface area contributed by atoms with Gasteiger partial charge in [-0.25, -0.2) is 0 Å². The summed E-state index contributed by atoms with van der Waals surface area (Å²) in [5.74, 6) is -1.24. The van der Waals surface area contributed by atoms with Gasteiger partial charge in [-0.1, -0.05) is 27.5 Å². The standard InChI is InChI=1S/C7H4BrClO2.K/c8-6-2-1-4(9)3-5(6)7(10)11;/h1-3H,(H,10,11);/q;+1/p-1. The third kappa shape index (κ3) is 3.45. The molecule has 0 aromatic heterocycles. The number of benzene rings is 1. The molecule has 0 atom stereocenters. The molecule has 1 rings (SSSR count). The number of rotatable bonds is 1. The van der Waals surface area contributed by atoms with Gasteiger partial charge in [-0.3, -0.25) is 0 Å². The summed E-state index contributed by atoms with van der Waals surface area (Å²) in [5, 5.41) is 10.8. The maximum Gasteiger partial charge on any atom is 1.00 e. The SMILES string of the molecule is O=C([O-])c1cc(Cl)ccc1Br.[K+]. The Hall–Kier alpha value is 1.10. The van der Waals surface area contributed by atoms with E-state index in [-0.39, 0.29) is 56.9 Å². The van der Waals surface area contributed by atoms with Crippen LogP contribution in [0.25, 0.3) is 0 Å². The van der Waals surface area contributed by atoms with Crippen LogP contribution in [0.1, 0.15) is 10.4 Å². The van der Waals surface area contributed by atoms with Gasteiger partial charge in [0.2, 0.25) is 0 Å². The first-order chi connectivity index (χ1) is 5.11. The number of carboxylic acid groups (broad SMARTS) is 1. The molecule has 0 spiro atoms. The molecule has 12 heavy (non-hydrogen) atoms. The van der Waals surface area contributed by atoms with Crippen molar-refractivity contribution in [2.45, 2.75) is 0 Å². The molecule has 0 N–H and O–H groups in total. The van der Waals surface area contributed by atoms with Crippen molar-refractivity contribution in [2.75, 3.05) is 0 Å². The molecule has 0 unspecified atom stereocenters. The van der Waals surface area contributed by atoms with Crippen molar-refractivity contribution >= 4 is 33.5 Å². The molecule has 0 aliphatic rings. The first kappa shape index (κ1) is 13.1. The van der Waals surface area contributed by atoms with Gasteiger partial charge >= 0.3 is 51.4 Å². The summed E-state index contributed by atoms with van der Waals surface area (Å²) in [6.07, 6.45) is 0. The van der Waals surface area contributed by atoms with Crippen molar-refractivity contribution in [3.05, 3.63) is 33.3 Å². The maximum atomic E-state index is 10.4. The van der Waals surface area contributed by atoms with Crippen LogP contribution in [-0.2, 0) is 0 Å². The zero-order valence-electron chi connectivity index (χ0n) is 6.30. The van der Waals surface area contributed by atoms with Crippen LogP contribution in [-0.4, -0.2) is 5.97 Å². The van der Waals surface area contributed by atoms with Gasteiger partial charge in [0.25, 0.3) is 0 Å². The molecule has 5 heteroatoms. The number of hydrogen-bond acceptors (Lipinski definition) is 2. The molecule has 0 bridgehead atoms. The Morgan fingerprint density at radius 1 is 1.50 bits per heavy atom. The van der Waals surface area contributed by atoms with Gasteiger partial charge in [0.1, 0.15) is 0 Å². The van der Waals surface area contributed by atoms with E-state index in [0.29, 0.717) is 9.50 Å². The average molecular weight is 274 g/mol. The number of carbonyl (C=O) groups excluding carboxylic acids is 1. The van der Waals surface area contributed by atoms with Gasteiger partial charge in [0.15, 0.2) is 0 Å². The molecule has 0 fully saturated rings. The third-order valence-electron chi connectivity index (χ3n) is 1.15. The fourth-order valence-electron chi connectivity index (χ4n) is 0.654. The van der Waals surface area contributed by atoms with E-state index in [2.05, 4.69) is 15.9 Å². The predicted molar refractivity (Wildman–Crippen MR) is 43.5 cm³/mol. The van der Waals surface area contributed by atoms with Crippen molar-refractivity contribution in [2.24, 2.45) is 0 Å². The molecule has 0 heterocycles. The van der Waals surface area contributed by atoms with Crippen LogP contribution in [0.2, 0.25) is 5.02 Å². The largest absolute Gasteiger partial charge is 1.00 e. The van der Waals surface area contributed by atoms with Crippen molar-refractivity contribution < 1.29 is 61.3 Å². The van der Waals surface area contributed by atoms with E-state index < -0.39 is 5.97 Å². The molecule has 0 saturated heterocycles. The summed E-state index contributed by atoms with van der Waals surface area (Å²) >= 11 is 8.60. The van der Waals surface area contributed by atoms with E-state index in [0.717, 1.165) is 0 Å². The van der Waals surface area contributed by atoms with E-state index in [9.17, 15) is 9.90 Å². The van der Waals surface area contributed by atoms with E-state index >= 15 is 0 Å². The monoisotopic (exact) mass is 272 g/mol. The third-order valence-corrected chi connectivity index (χ3v) is 2.07. The van der Waals surface area contributed by atoms with Gasteiger partial charge in [-0.15, -0.1) is 0 Å². The molecule has 1 aromatic rings. The molecule has 0 amide bonds. The number of carbonyl (C=O) groups is 1. The first-order valence-electron chi connectivity index (χ1n) is 2.77. The summed E-state index contributed by atoms with van der Waals surface area (Å²) in [7, 11) is 0. The van der Waals surface area contributed by atoms with Gasteiger partial charge in [0.05, 0.1) is 5.97 Å². The average Bonchev–Trinajstić information content (AvgIpc) is 1.94. The van der Waals surface area contributed by atoms with Crippen molar-refractivity contribution in [1.82, 2.24) is 0 Å². The Morgan fingerprint density at radius 3 is 2.50 bits per heavy atom. The van der Waals surface area contributed by atoms with Crippen molar-refractivity contribution in [3.8, 4) is 0 Å². The Bertz CT molecular complexity index is 303. The van der Waals surface area contributed by atoms with Gasteiger partial charge < -0.3 is 9.90 Å². The molecular formula is C7H3BrClKO2. The maximum absolute atomic E-state index is 10.4. The van der Waals surface area contributed by atoms with Crippen LogP contribution in [0.3, 0.4) is 0 Å². The minimum absolute atomic E-state index is 0. The molecule has 0 saturated carbocycles. The summed E-state index contributed by atoms with van der Waals surface area (Å²) in [4.78, 5) is 10.4. The Balaban J connectivity index is 0.00000121. The molecule has 0 aliphatic carbocycles. The normalized spacial score (nSPS) is 8.83. The van der Waals surface area contributed by atoms with Crippen LogP contribution in [0.4, 0.5) is 0 Å². The van der Waals surface area contributed by atoms with Crippen molar-refractivity contribution in [3.63, 3.8) is 0 Å². The quantitative estimate of drug-likeness (QED) is 0.583.